The predicted octanol–water partition coefficient (Wildman–Crippen LogP) is -0.507. The molecule has 0 aromatic carbocycles. The highest BCUT2D eigenvalue weighted by Gasteiger charge is 2.45. The van der Waals surface area contributed by atoms with E-state index >= 15 is 0 Å². The summed E-state index contributed by atoms with van der Waals surface area (Å²) in [7, 11) is 0. The Morgan fingerprint density at radius 2 is 1.86 bits per heavy atom. The number of fused-ring (bicyclic) bond motifs is 1. The number of hydrogen-bond acceptors (Lipinski definition) is 9. The summed E-state index contributed by atoms with van der Waals surface area (Å²) >= 11 is 0. The van der Waals surface area contributed by atoms with Crippen LogP contribution in [0.5, 0.6) is 0 Å². The number of aliphatic hydroxyl groups is 2. The lowest BCUT2D eigenvalue weighted by molar-refractivity contribution is -0.0505. The second-order valence-electron chi connectivity index (χ2n) is 8.68. The molecular weight excluding hydrogens is 374 g/mol. The average Bonchev–Trinajstić information content (AvgIpc) is 3.28. The van der Waals surface area contributed by atoms with Gasteiger partial charge in [-0.05, 0) is 57.3 Å². The van der Waals surface area contributed by atoms with Crippen molar-refractivity contribution in [2.24, 2.45) is 5.41 Å². The van der Waals surface area contributed by atoms with E-state index in [1.54, 1.807) is 4.57 Å². The van der Waals surface area contributed by atoms with Crippen LogP contribution in [0.1, 0.15) is 31.9 Å². The quantitative estimate of drug-likeness (QED) is 0.534. The summed E-state index contributed by atoms with van der Waals surface area (Å²) < 4.78 is 7.71. The first kappa shape index (κ1) is 19.1. The molecule has 1 spiro atoms. The third-order valence-corrected chi connectivity index (χ3v) is 7.02. The van der Waals surface area contributed by atoms with Gasteiger partial charge in [0.25, 0.3) is 0 Å². The van der Waals surface area contributed by atoms with Gasteiger partial charge in [-0.1, -0.05) is 0 Å². The largest absolute Gasteiger partial charge is 0.387 e. The van der Waals surface area contributed by atoms with E-state index in [1.165, 1.54) is 38.3 Å². The Morgan fingerprint density at radius 1 is 1.10 bits per heavy atom. The van der Waals surface area contributed by atoms with Gasteiger partial charge in [0.15, 0.2) is 17.7 Å². The number of rotatable bonds is 3. The Balaban J connectivity index is 1.26. The van der Waals surface area contributed by atoms with Crippen LogP contribution in [0, 0.1) is 5.41 Å². The van der Waals surface area contributed by atoms with Crippen LogP contribution in [-0.2, 0) is 4.74 Å². The van der Waals surface area contributed by atoms with Gasteiger partial charge >= 0.3 is 0 Å². The maximum Gasteiger partial charge on any atom is 0.167 e. The molecule has 0 radical (unpaired) electrons. The zero-order valence-electron chi connectivity index (χ0n) is 16.4. The molecule has 0 bridgehead atoms. The van der Waals surface area contributed by atoms with E-state index in [4.69, 9.17) is 10.5 Å². The Kier molecular flexibility index (Phi) is 4.91. The second-order valence-corrected chi connectivity index (χ2v) is 8.68. The van der Waals surface area contributed by atoms with E-state index in [2.05, 4.69) is 25.2 Å². The summed E-state index contributed by atoms with van der Waals surface area (Å²) in [6.07, 6.45) is 4.52. The van der Waals surface area contributed by atoms with E-state index in [0.717, 1.165) is 26.2 Å². The van der Waals surface area contributed by atoms with Gasteiger partial charge in [0, 0.05) is 6.54 Å². The van der Waals surface area contributed by atoms with E-state index in [-0.39, 0.29) is 5.82 Å². The third-order valence-electron chi connectivity index (χ3n) is 7.02. The highest BCUT2D eigenvalue weighted by atomic mass is 16.6. The Morgan fingerprint density at radius 3 is 2.62 bits per heavy atom. The first-order valence-corrected chi connectivity index (χ1v) is 10.4. The van der Waals surface area contributed by atoms with Crippen molar-refractivity contribution in [1.82, 2.24) is 29.7 Å². The number of aliphatic hydroxyl groups excluding tert-OH is 2. The lowest BCUT2D eigenvalue weighted by Crippen LogP contribution is -2.48. The number of nitrogens with one attached hydrogen (secondary N) is 1. The van der Waals surface area contributed by atoms with E-state index < -0.39 is 24.5 Å². The molecule has 10 heteroatoms. The number of anilines is 1. The van der Waals surface area contributed by atoms with Crippen molar-refractivity contribution < 1.29 is 14.9 Å². The summed E-state index contributed by atoms with van der Waals surface area (Å²) in [5.41, 5.74) is 7.28. The molecule has 0 aliphatic carbocycles. The standard InChI is InChI=1S/C19H29N7O3/c20-16-13-17(23-10-22-16)26(11-24-13)18-15(28)14(27)12(29-18)9-25-7-3-19(4-8-25)1-5-21-6-2-19/h10-12,14-15,18,21,27-28H,1-9H2,(H2,20,22,23)/t12-,14-,15-,18-/m1/s1. The summed E-state index contributed by atoms with van der Waals surface area (Å²) in [6, 6.07) is 0. The minimum absolute atomic E-state index is 0.276. The number of piperidine rings is 2. The number of aromatic nitrogens is 4. The molecule has 158 valence electrons. The topological polar surface area (TPSA) is 135 Å². The molecule has 10 nitrogen and oxygen atoms in total. The van der Waals surface area contributed by atoms with Gasteiger partial charge in [0.05, 0.1) is 6.33 Å². The van der Waals surface area contributed by atoms with Crippen molar-refractivity contribution in [3.63, 3.8) is 0 Å². The third kappa shape index (κ3) is 3.38. The van der Waals surface area contributed by atoms with E-state index in [1.807, 2.05) is 0 Å². The first-order valence-electron chi connectivity index (χ1n) is 10.4. The lowest BCUT2D eigenvalue weighted by Gasteiger charge is -2.45. The SMILES string of the molecule is Nc1ncnc2c1ncn2[C@@H]1O[C@H](CN2CCC3(CCNCC3)CC2)[C@@H](O)[C@H]1O. The monoisotopic (exact) mass is 403 g/mol. The zero-order chi connectivity index (χ0) is 20.0. The fourth-order valence-corrected chi connectivity index (χ4v) is 5.09. The van der Waals surface area contributed by atoms with Gasteiger partial charge in [-0.15, -0.1) is 0 Å². The Bertz CT molecular complexity index is 859. The van der Waals surface area contributed by atoms with Gasteiger partial charge in [0.1, 0.15) is 30.2 Å². The van der Waals surface area contributed by atoms with Gasteiger partial charge in [-0.2, -0.15) is 0 Å². The van der Waals surface area contributed by atoms with Gasteiger partial charge in [-0.3, -0.25) is 4.57 Å². The summed E-state index contributed by atoms with van der Waals surface area (Å²) in [4.78, 5) is 14.7. The van der Waals surface area contributed by atoms with Crippen molar-refractivity contribution >= 4 is 17.0 Å². The van der Waals surface area contributed by atoms with Crippen molar-refractivity contribution in [3.05, 3.63) is 12.7 Å². The maximum absolute atomic E-state index is 10.6. The second kappa shape index (κ2) is 7.44. The lowest BCUT2D eigenvalue weighted by atomic mass is 9.71. The Hall–Kier alpha value is -1.85. The molecule has 4 atom stereocenters. The van der Waals surface area contributed by atoms with Gasteiger partial charge in [-0.25, -0.2) is 15.0 Å². The van der Waals surface area contributed by atoms with Crippen LogP contribution in [0.15, 0.2) is 12.7 Å². The molecule has 5 heterocycles. The minimum Gasteiger partial charge on any atom is -0.387 e. The van der Waals surface area contributed by atoms with Crippen LogP contribution in [0.25, 0.3) is 11.2 Å². The number of ether oxygens (including phenoxy) is 1. The van der Waals surface area contributed by atoms with Crippen molar-refractivity contribution in [2.75, 3.05) is 38.5 Å². The zero-order valence-corrected chi connectivity index (χ0v) is 16.4. The number of hydrogen-bond donors (Lipinski definition) is 4. The smallest absolute Gasteiger partial charge is 0.167 e. The van der Waals surface area contributed by atoms with Crippen LogP contribution in [0.3, 0.4) is 0 Å². The number of nitrogens with two attached hydrogens (primary N) is 1. The summed E-state index contributed by atoms with van der Waals surface area (Å²) in [5, 5.41) is 24.7. The molecule has 3 aliphatic heterocycles. The van der Waals surface area contributed by atoms with E-state index in [9.17, 15) is 10.2 Å². The summed E-state index contributed by atoms with van der Waals surface area (Å²) in [5.74, 6) is 0.276. The number of likely N-dealkylation sites (tertiary alicyclic amines) is 1. The van der Waals surface area contributed by atoms with Gasteiger partial charge in [0.2, 0.25) is 0 Å². The highest BCUT2D eigenvalue weighted by molar-refractivity contribution is 5.81. The highest BCUT2D eigenvalue weighted by Crippen LogP contribution is 2.40. The Labute approximate surface area is 169 Å². The van der Waals surface area contributed by atoms with Crippen LogP contribution in [0.4, 0.5) is 5.82 Å². The maximum atomic E-state index is 10.6. The molecule has 5 rings (SSSR count). The molecule has 2 aromatic heterocycles. The predicted molar refractivity (Wildman–Crippen MR) is 106 cm³/mol. The molecule has 2 aromatic rings. The number of imidazole rings is 1. The van der Waals surface area contributed by atoms with Crippen molar-refractivity contribution in [2.45, 2.75) is 50.2 Å². The molecule has 0 amide bonds. The molecular formula is C19H29N7O3. The number of nitrogens with zero attached hydrogens (tertiary/aromatic N) is 5. The molecule has 3 saturated heterocycles. The van der Waals surface area contributed by atoms with Gasteiger partial charge < -0.3 is 30.9 Å². The van der Waals surface area contributed by atoms with Crippen LogP contribution in [-0.4, -0.2) is 85.7 Å². The molecule has 0 unspecified atom stereocenters. The van der Waals surface area contributed by atoms with E-state index in [0.29, 0.717) is 23.1 Å². The normalized spacial score (nSPS) is 32.9. The van der Waals surface area contributed by atoms with Crippen LogP contribution in [0.2, 0.25) is 0 Å². The van der Waals surface area contributed by atoms with Crippen LogP contribution >= 0.6 is 0 Å². The molecule has 0 saturated carbocycles. The average molecular weight is 403 g/mol. The van der Waals surface area contributed by atoms with Crippen molar-refractivity contribution in [3.8, 4) is 0 Å². The fourth-order valence-electron chi connectivity index (χ4n) is 5.09. The fraction of sp³-hybridized carbons (Fsp3) is 0.737. The number of nitrogen functional groups attached to an aromatic ring is 1. The molecule has 3 aliphatic rings. The first-order chi connectivity index (χ1) is 14.1. The molecule has 5 N–H and O–H groups in total. The molecule has 29 heavy (non-hydrogen) atoms. The molecule has 3 fully saturated rings. The summed E-state index contributed by atoms with van der Waals surface area (Å²) in [6.45, 7) is 4.85. The minimum atomic E-state index is -1.06. The van der Waals surface area contributed by atoms with Crippen molar-refractivity contribution in [1.29, 1.82) is 0 Å². The van der Waals surface area contributed by atoms with Crippen LogP contribution < -0.4 is 11.1 Å².